The molecule has 138 valence electrons. The van der Waals surface area contributed by atoms with Crippen molar-refractivity contribution < 1.29 is 19.8 Å². The highest BCUT2D eigenvalue weighted by molar-refractivity contribution is 8.18. The normalized spacial score (nSPS) is 16.6. The highest BCUT2D eigenvalue weighted by Crippen LogP contribution is 2.30. The summed E-state index contributed by atoms with van der Waals surface area (Å²) in [7, 11) is 3.91. The lowest BCUT2D eigenvalue weighted by atomic mass is 10.2. The van der Waals surface area contributed by atoms with Gasteiger partial charge in [-0.1, -0.05) is 12.1 Å². The summed E-state index contributed by atoms with van der Waals surface area (Å²) in [5.41, 5.74) is 2.02. The third kappa shape index (κ3) is 4.29. The molecule has 1 aliphatic rings. The van der Waals surface area contributed by atoms with Gasteiger partial charge in [0, 0.05) is 19.8 Å². The number of carbonyl (C=O) groups excluding carboxylic acids is 1. The zero-order valence-electron chi connectivity index (χ0n) is 14.6. The summed E-state index contributed by atoms with van der Waals surface area (Å²) >= 11 is 1.17. The largest absolute Gasteiger partial charge is 0.507 e. The standard InChI is InChI=1S/C19H17N3O4S/c1-22(2)13-6-3-11(4-7-13)9-16-17(24)21-19(27-16)20-12-5-8-15(23)14(10-12)18(25)26/h3-10,23H,1-2H3,(H,25,26)(H,20,21,24)/b16-9-. The maximum Gasteiger partial charge on any atom is 0.339 e. The molecule has 3 N–H and O–H groups in total. The highest BCUT2D eigenvalue weighted by atomic mass is 32.2. The molecule has 1 amide bonds. The van der Waals surface area contributed by atoms with E-state index in [1.54, 1.807) is 6.08 Å². The van der Waals surface area contributed by atoms with Gasteiger partial charge in [0.25, 0.3) is 5.91 Å². The van der Waals surface area contributed by atoms with E-state index in [1.807, 2.05) is 43.3 Å². The van der Waals surface area contributed by atoms with Gasteiger partial charge in [0.2, 0.25) is 0 Å². The molecule has 1 fully saturated rings. The van der Waals surface area contributed by atoms with Crippen molar-refractivity contribution >= 4 is 46.3 Å². The second-order valence-electron chi connectivity index (χ2n) is 5.97. The number of nitrogens with one attached hydrogen (secondary N) is 1. The average molecular weight is 383 g/mol. The smallest absolute Gasteiger partial charge is 0.339 e. The summed E-state index contributed by atoms with van der Waals surface area (Å²) in [5.74, 6) is -1.86. The molecular formula is C19H17N3O4S. The van der Waals surface area contributed by atoms with Crippen LogP contribution in [0.4, 0.5) is 11.4 Å². The van der Waals surface area contributed by atoms with Gasteiger partial charge in [0.15, 0.2) is 5.17 Å². The molecule has 1 aliphatic heterocycles. The topological polar surface area (TPSA) is 102 Å². The minimum atomic E-state index is -1.25. The van der Waals surface area contributed by atoms with Gasteiger partial charge in [-0.3, -0.25) is 4.79 Å². The number of phenols is 1. The number of aliphatic imine (C=N–C) groups is 1. The van der Waals surface area contributed by atoms with Gasteiger partial charge in [-0.15, -0.1) is 0 Å². The van der Waals surface area contributed by atoms with Crippen LogP contribution in [-0.2, 0) is 4.79 Å². The summed E-state index contributed by atoms with van der Waals surface area (Å²) in [6.45, 7) is 0. The molecule has 1 saturated heterocycles. The number of anilines is 1. The van der Waals surface area contributed by atoms with E-state index >= 15 is 0 Å². The number of thioether (sulfide) groups is 1. The monoisotopic (exact) mass is 383 g/mol. The first-order valence-electron chi connectivity index (χ1n) is 7.97. The van der Waals surface area contributed by atoms with Gasteiger partial charge in [-0.2, -0.15) is 0 Å². The lowest BCUT2D eigenvalue weighted by Gasteiger charge is -2.11. The fourth-order valence-electron chi connectivity index (χ4n) is 2.38. The first-order chi connectivity index (χ1) is 12.8. The summed E-state index contributed by atoms with van der Waals surface area (Å²) in [6, 6.07) is 11.7. The minimum Gasteiger partial charge on any atom is -0.507 e. The number of aromatic hydroxyl groups is 1. The van der Waals surface area contributed by atoms with Crippen molar-refractivity contribution in [2.24, 2.45) is 4.99 Å². The summed E-state index contributed by atoms with van der Waals surface area (Å²) < 4.78 is 0. The van der Waals surface area contributed by atoms with Crippen LogP contribution in [-0.4, -0.2) is 41.4 Å². The SMILES string of the molecule is CN(C)c1ccc(/C=C2\SC(=Nc3ccc(O)c(C(=O)O)c3)NC2=O)cc1. The molecule has 1 heterocycles. The maximum absolute atomic E-state index is 12.2. The number of hydrogen-bond donors (Lipinski definition) is 3. The van der Waals surface area contributed by atoms with Crippen LogP contribution in [0.25, 0.3) is 6.08 Å². The quantitative estimate of drug-likeness (QED) is 0.702. The number of amidine groups is 1. The third-order valence-electron chi connectivity index (χ3n) is 3.80. The van der Waals surface area contributed by atoms with E-state index in [2.05, 4.69) is 10.3 Å². The summed E-state index contributed by atoms with van der Waals surface area (Å²) in [5, 5.41) is 21.6. The fourth-order valence-corrected chi connectivity index (χ4v) is 3.22. The van der Waals surface area contributed by atoms with E-state index in [0.717, 1.165) is 11.3 Å². The number of amides is 1. The molecule has 7 nitrogen and oxygen atoms in total. The molecular weight excluding hydrogens is 366 g/mol. The van der Waals surface area contributed by atoms with Crippen LogP contribution in [0.15, 0.2) is 52.4 Å². The molecule has 8 heteroatoms. The molecule has 0 atom stereocenters. The molecule has 0 aromatic heterocycles. The van der Waals surface area contributed by atoms with E-state index < -0.39 is 5.97 Å². The van der Waals surface area contributed by atoms with E-state index in [0.29, 0.717) is 15.8 Å². The average Bonchev–Trinajstić information content (AvgIpc) is 2.96. The van der Waals surface area contributed by atoms with Crippen LogP contribution < -0.4 is 10.2 Å². The molecule has 0 saturated carbocycles. The molecule has 2 aromatic rings. The zero-order valence-corrected chi connectivity index (χ0v) is 15.4. The Morgan fingerprint density at radius 1 is 1.19 bits per heavy atom. The summed E-state index contributed by atoms with van der Waals surface area (Å²) in [4.78, 5) is 30.0. The minimum absolute atomic E-state index is 0.247. The van der Waals surface area contributed by atoms with Crippen molar-refractivity contribution in [3.05, 3.63) is 58.5 Å². The Labute approximate surface area is 160 Å². The Balaban J connectivity index is 1.81. The third-order valence-corrected chi connectivity index (χ3v) is 4.71. The number of carboxylic acids is 1. The van der Waals surface area contributed by atoms with Crippen molar-refractivity contribution in [2.45, 2.75) is 0 Å². The first-order valence-corrected chi connectivity index (χ1v) is 8.78. The molecule has 0 aliphatic carbocycles. The number of hydrogen-bond acceptors (Lipinski definition) is 6. The molecule has 0 bridgehead atoms. The predicted octanol–water partition coefficient (Wildman–Crippen LogP) is 3.05. The van der Waals surface area contributed by atoms with Crippen molar-refractivity contribution in [3.8, 4) is 5.75 Å². The lowest BCUT2D eigenvalue weighted by Crippen LogP contribution is -2.19. The fraction of sp³-hybridized carbons (Fsp3) is 0.105. The maximum atomic E-state index is 12.2. The van der Waals surface area contributed by atoms with Gasteiger partial charge in [-0.25, -0.2) is 9.79 Å². The zero-order chi connectivity index (χ0) is 19.6. The predicted molar refractivity (Wildman–Crippen MR) is 107 cm³/mol. The number of benzene rings is 2. The Morgan fingerprint density at radius 3 is 2.52 bits per heavy atom. The molecule has 0 spiro atoms. The first kappa shape index (κ1) is 18.5. The van der Waals surface area contributed by atoms with Crippen LogP contribution in [0.5, 0.6) is 5.75 Å². The van der Waals surface area contributed by atoms with Crippen molar-refractivity contribution in [2.75, 3.05) is 19.0 Å². The van der Waals surface area contributed by atoms with Gasteiger partial charge >= 0.3 is 5.97 Å². The second-order valence-corrected chi connectivity index (χ2v) is 7.00. The highest BCUT2D eigenvalue weighted by Gasteiger charge is 2.24. The van der Waals surface area contributed by atoms with E-state index in [-0.39, 0.29) is 17.2 Å². The van der Waals surface area contributed by atoms with E-state index in [1.165, 1.54) is 30.0 Å². The summed E-state index contributed by atoms with van der Waals surface area (Å²) in [6.07, 6.45) is 1.77. The number of carboxylic acid groups (broad SMARTS) is 1. The molecule has 3 rings (SSSR count). The molecule has 0 unspecified atom stereocenters. The number of nitrogens with zero attached hydrogens (tertiary/aromatic N) is 2. The van der Waals surface area contributed by atoms with Gasteiger partial charge in [-0.05, 0) is 53.7 Å². The Hall–Kier alpha value is -3.26. The number of rotatable bonds is 4. The van der Waals surface area contributed by atoms with E-state index in [4.69, 9.17) is 5.11 Å². The van der Waals surface area contributed by atoms with Crippen molar-refractivity contribution in [1.82, 2.24) is 5.32 Å². The molecule has 27 heavy (non-hydrogen) atoms. The van der Waals surface area contributed by atoms with Crippen molar-refractivity contribution in [3.63, 3.8) is 0 Å². The Bertz CT molecular complexity index is 965. The molecule has 2 aromatic carbocycles. The van der Waals surface area contributed by atoms with Crippen LogP contribution in [0.2, 0.25) is 0 Å². The van der Waals surface area contributed by atoms with Gasteiger partial charge < -0.3 is 20.4 Å². The van der Waals surface area contributed by atoms with Gasteiger partial charge in [0.05, 0.1) is 10.6 Å². The van der Waals surface area contributed by atoms with E-state index in [9.17, 15) is 14.7 Å². The Morgan fingerprint density at radius 2 is 1.89 bits per heavy atom. The lowest BCUT2D eigenvalue weighted by molar-refractivity contribution is -0.115. The second kappa shape index (κ2) is 7.55. The number of carbonyl (C=O) groups is 2. The van der Waals surface area contributed by atoms with Crippen molar-refractivity contribution in [1.29, 1.82) is 0 Å². The van der Waals surface area contributed by atoms with Crippen LogP contribution in [0, 0.1) is 0 Å². The van der Waals surface area contributed by atoms with Crippen LogP contribution in [0.1, 0.15) is 15.9 Å². The Kier molecular flexibility index (Phi) is 5.18. The van der Waals surface area contributed by atoms with Gasteiger partial charge in [0.1, 0.15) is 11.3 Å². The van der Waals surface area contributed by atoms with Crippen LogP contribution in [0.3, 0.4) is 0 Å². The molecule has 0 radical (unpaired) electrons. The number of aromatic carboxylic acids is 1. The van der Waals surface area contributed by atoms with Crippen LogP contribution >= 0.6 is 11.8 Å².